The molecule has 0 saturated heterocycles. The van der Waals surface area contributed by atoms with Crippen LogP contribution in [0.1, 0.15) is 39.1 Å². The first kappa shape index (κ1) is 12.8. The van der Waals surface area contributed by atoms with Gasteiger partial charge < -0.3 is 10.3 Å². The minimum Gasteiger partial charge on any atom is -0.309 e. The molecule has 2 rings (SSSR count). The molecule has 2 aromatic rings. The lowest BCUT2D eigenvalue weighted by atomic mass is 10.2. The second-order valence-corrected chi connectivity index (χ2v) is 4.67. The summed E-state index contributed by atoms with van der Waals surface area (Å²) in [6, 6.07) is 7.83. The molecule has 0 spiro atoms. The van der Waals surface area contributed by atoms with Crippen LogP contribution in [0.2, 0.25) is 0 Å². The van der Waals surface area contributed by atoms with Gasteiger partial charge in [0.15, 0.2) is 0 Å². The molecule has 0 amide bonds. The molecule has 1 aromatic heterocycles. The zero-order chi connectivity index (χ0) is 13.1. The van der Waals surface area contributed by atoms with Gasteiger partial charge in [0, 0.05) is 6.04 Å². The molecule has 4 nitrogen and oxygen atoms in total. The third-order valence-corrected chi connectivity index (χ3v) is 3.19. The highest BCUT2D eigenvalue weighted by Crippen LogP contribution is 2.11. The number of benzene rings is 1. The molecule has 4 heteroatoms. The van der Waals surface area contributed by atoms with Crippen LogP contribution in [0.4, 0.5) is 0 Å². The summed E-state index contributed by atoms with van der Waals surface area (Å²) in [7, 11) is 0. The molecule has 96 valence electrons. The van der Waals surface area contributed by atoms with E-state index < -0.39 is 0 Å². The van der Waals surface area contributed by atoms with Crippen molar-refractivity contribution in [1.82, 2.24) is 15.3 Å². The number of hydrogen-bond donors (Lipinski definition) is 2. The summed E-state index contributed by atoms with van der Waals surface area (Å²) in [5.74, 6) is 0.694. The molecule has 0 radical (unpaired) electrons. The summed E-state index contributed by atoms with van der Waals surface area (Å²) >= 11 is 0. The number of para-hydroxylation sites is 1. The molecular weight excluding hydrogens is 226 g/mol. The SMILES string of the molecule is CC[C@@H](C)N[C@H](C)c1nc2ccccc2c(=O)[nH]1. The highest BCUT2D eigenvalue weighted by molar-refractivity contribution is 5.77. The number of nitrogens with one attached hydrogen (secondary N) is 2. The van der Waals surface area contributed by atoms with E-state index in [9.17, 15) is 4.79 Å². The van der Waals surface area contributed by atoms with Crippen LogP contribution >= 0.6 is 0 Å². The van der Waals surface area contributed by atoms with E-state index in [1.54, 1.807) is 6.07 Å². The fourth-order valence-corrected chi connectivity index (χ4v) is 1.93. The molecule has 2 N–H and O–H groups in total. The van der Waals surface area contributed by atoms with Gasteiger partial charge in [-0.3, -0.25) is 4.79 Å². The van der Waals surface area contributed by atoms with E-state index in [2.05, 4.69) is 29.1 Å². The maximum absolute atomic E-state index is 11.9. The maximum atomic E-state index is 11.9. The second-order valence-electron chi connectivity index (χ2n) is 4.67. The smallest absolute Gasteiger partial charge is 0.258 e. The summed E-state index contributed by atoms with van der Waals surface area (Å²) in [6.45, 7) is 6.26. The predicted octanol–water partition coefficient (Wildman–Crippen LogP) is 2.37. The van der Waals surface area contributed by atoms with Gasteiger partial charge in [-0.1, -0.05) is 19.1 Å². The highest BCUT2D eigenvalue weighted by Gasteiger charge is 2.12. The number of aromatic amines is 1. The second kappa shape index (κ2) is 5.31. The lowest BCUT2D eigenvalue weighted by Crippen LogP contribution is -2.30. The van der Waals surface area contributed by atoms with Crippen LogP contribution in [-0.4, -0.2) is 16.0 Å². The van der Waals surface area contributed by atoms with E-state index in [1.807, 2.05) is 25.1 Å². The van der Waals surface area contributed by atoms with Crippen molar-refractivity contribution in [2.45, 2.75) is 39.3 Å². The molecule has 1 aromatic carbocycles. The van der Waals surface area contributed by atoms with Gasteiger partial charge in [0.05, 0.1) is 16.9 Å². The Bertz CT molecular complexity index is 591. The lowest BCUT2D eigenvalue weighted by molar-refractivity contribution is 0.455. The van der Waals surface area contributed by atoms with Crippen LogP contribution in [0.3, 0.4) is 0 Å². The first-order chi connectivity index (χ1) is 8.61. The Morgan fingerprint density at radius 3 is 2.78 bits per heavy atom. The van der Waals surface area contributed by atoms with Gasteiger partial charge in [0.2, 0.25) is 0 Å². The fraction of sp³-hybridized carbons (Fsp3) is 0.429. The predicted molar refractivity (Wildman–Crippen MR) is 73.7 cm³/mol. The van der Waals surface area contributed by atoms with E-state index in [4.69, 9.17) is 0 Å². The van der Waals surface area contributed by atoms with Gasteiger partial charge in [-0.25, -0.2) is 4.98 Å². The molecule has 0 aliphatic rings. The van der Waals surface area contributed by atoms with Crippen molar-refractivity contribution in [3.63, 3.8) is 0 Å². The first-order valence-corrected chi connectivity index (χ1v) is 6.36. The Balaban J connectivity index is 2.37. The lowest BCUT2D eigenvalue weighted by Gasteiger charge is -2.18. The van der Waals surface area contributed by atoms with Crippen molar-refractivity contribution >= 4 is 10.9 Å². The Kier molecular flexibility index (Phi) is 3.77. The zero-order valence-electron chi connectivity index (χ0n) is 11.0. The van der Waals surface area contributed by atoms with E-state index in [-0.39, 0.29) is 11.6 Å². The molecule has 0 fully saturated rings. The third-order valence-electron chi connectivity index (χ3n) is 3.19. The molecule has 0 unspecified atom stereocenters. The molecule has 18 heavy (non-hydrogen) atoms. The average Bonchev–Trinajstić information content (AvgIpc) is 2.38. The van der Waals surface area contributed by atoms with Crippen molar-refractivity contribution in [3.05, 3.63) is 40.4 Å². The van der Waals surface area contributed by atoms with Crippen LogP contribution in [-0.2, 0) is 0 Å². The molecule has 2 atom stereocenters. The zero-order valence-corrected chi connectivity index (χ0v) is 11.0. The summed E-state index contributed by atoms with van der Waals surface area (Å²) in [4.78, 5) is 19.3. The van der Waals surface area contributed by atoms with Crippen molar-refractivity contribution in [2.75, 3.05) is 0 Å². The van der Waals surface area contributed by atoms with Crippen LogP contribution < -0.4 is 10.9 Å². The van der Waals surface area contributed by atoms with Crippen LogP contribution in [0.15, 0.2) is 29.1 Å². The molecule has 0 bridgehead atoms. The van der Waals surface area contributed by atoms with Gasteiger partial charge in [0.1, 0.15) is 5.82 Å². The minimum atomic E-state index is -0.0756. The molecule has 0 aliphatic carbocycles. The fourth-order valence-electron chi connectivity index (χ4n) is 1.93. The van der Waals surface area contributed by atoms with E-state index >= 15 is 0 Å². The first-order valence-electron chi connectivity index (χ1n) is 6.36. The Labute approximate surface area is 106 Å². The number of fused-ring (bicyclic) bond motifs is 1. The summed E-state index contributed by atoms with van der Waals surface area (Å²) in [5.41, 5.74) is 0.669. The summed E-state index contributed by atoms with van der Waals surface area (Å²) in [6.07, 6.45) is 1.04. The quantitative estimate of drug-likeness (QED) is 0.869. The highest BCUT2D eigenvalue weighted by atomic mass is 16.1. The topological polar surface area (TPSA) is 57.8 Å². The summed E-state index contributed by atoms with van der Waals surface area (Å²) in [5, 5.41) is 4.04. The van der Waals surface area contributed by atoms with Crippen molar-refractivity contribution in [1.29, 1.82) is 0 Å². The van der Waals surface area contributed by atoms with Crippen molar-refractivity contribution in [2.24, 2.45) is 0 Å². The van der Waals surface area contributed by atoms with Crippen molar-refractivity contribution < 1.29 is 0 Å². The normalized spacial score (nSPS) is 14.6. The molecular formula is C14H19N3O. The minimum absolute atomic E-state index is 0.0391. The van der Waals surface area contributed by atoms with Crippen LogP contribution in [0, 0.1) is 0 Å². The third kappa shape index (κ3) is 2.59. The number of aromatic nitrogens is 2. The van der Waals surface area contributed by atoms with Gasteiger partial charge in [0.25, 0.3) is 5.56 Å². The largest absolute Gasteiger partial charge is 0.309 e. The standard InChI is InChI=1S/C14H19N3O/c1-4-9(2)15-10(3)13-16-12-8-6-5-7-11(12)14(18)17-13/h5-10,15H,4H2,1-3H3,(H,16,17,18)/t9-,10-/m1/s1. The van der Waals surface area contributed by atoms with Gasteiger partial charge >= 0.3 is 0 Å². The summed E-state index contributed by atoms with van der Waals surface area (Å²) < 4.78 is 0. The van der Waals surface area contributed by atoms with Crippen LogP contribution in [0.5, 0.6) is 0 Å². The Hall–Kier alpha value is -1.68. The van der Waals surface area contributed by atoms with Gasteiger partial charge in [-0.2, -0.15) is 0 Å². The molecule has 0 aliphatic heterocycles. The monoisotopic (exact) mass is 245 g/mol. The Morgan fingerprint density at radius 2 is 2.06 bits per heavy atom. The van der Waals surface area contributed by atoms with Crippen molar-refractivity contribution in [3.8, 4) is 0 Å². The molecule has 1 heterocycles. The number of hydrogen-bond acceptors (Lipinski definition) is 3. The van der Waals surface area contributed by atoms with E-state index in [0.29, 0.717) is 17.3 Å². The average molecular weight is 245 g/mol. The van der Waals surface area contributed by atoms with E-state index in [1.165, 1.54) is 0 Å². The number of rotatable bonds is 4. The van der Waals surface area contributed by atoms with Crippen LogP contribution in [0.25, 0.3) is 10.9 Å². The van der Waals surface area contributed by atoms with Gasteiger partial charge in [-0.05, 0) is 32.4 Å². The van der Waals surface area contributed by atoms with Gasteiger partial charge in [-0.15, -0.1) is 0 Å². The number of nitrogens with zero attached hydrogens (tertiary/aromatic N) is 1. The maximum Gasteiger partial charge on any atom is 0.258 e. The Morgan fingerprint density at radius 1 is 1.33 bits per heavy atom. The van der Waals surface area contributed by atoms with E-state index in [0.717, 1.165) is 11.9 Å². The molecule has 0 saturated carbocycles. The number of H-pyrrole nitrogens is 1.